The van der Waals surface area contributed by atoms with Crippen molar-refractivity contribution < 1.29 is 4.79 Å². The second kappa shape index (κ2) is 4.04. The molecule has 0 bridgehead atoms. The fourth-order valence-corrected chi connectivity index (χ4v) is 1.17. The lowest BCUT2D eigenvalue weighted by molar-refractivity contribution is -0.125. The van der Waals surface area contributed by atoms with Gasteiger partial charge in [-0.15, -0.1) is 0 Å². The summed E-state index contributed by atoms with van der Waals surface area (Å²) in [5.74, 6) is -0.331. The summed E-state index contributed by atoms with van der Waals surface area (Å²) >= 11 is 3.19. The molecule has 14 heavy (non-hydrogen) atoms. The molecule has 0 saturated heterocycles. The van der Waals surface area contributed by atoms with Crippen molar-refractivity contribution in [1.82, 2.24) is 9.97 Å². The molecular formula is C9H12BrN3O. The number of carbonyl (C=O) groups excluding carboxylic acids is 1. The molecule has 0 aliphatic heterocycles. The molecule has 0 atom stereocenters. The van der Waals surface area contributed by atoms with E-state index in [1.54, 1.807) is 26.2 Å². The molecule has 76 valence electrons. The molecule has 0 spiro atoms. The maximum atomic E-state index is 11.1. The fourth-order valence-electron chi connectivity index (χ4n) is 0.970. The number of primary amides is 1. The Hall–Kier alpha value is -0.970. The van der Waals surface area contributed by atoms with Crippen molar-refractivity contribution in [2.75, 3.05) is 0 Å². The molecule has 2 N–H and O–H groups in total. The summed E-state index contributed by atoms with van der Waals surface area (Å²) in [6.07, 6.45) is 3.74. The third-order valence-corrected chi connectivity index (χ3v) is 2.37. The molecule has 1 amide bonds. The van der Waals surface area contributed by atoms with Crippen LogP contribution in [0.25, 0.3) is 0 Å². The standard InChI is InChI=1S/C9H12BrN3O/c1-9(2,8(11)14)3-6-4-13-7(10)5-12-6/h4-5H,3H2,1-2H3,(H2,11,14). The lowest BCUT2D eigenvalue weighted by Gasteiger charge is -2.19. The van der Waals surface area contributed by atoms with Crippen LogP contribution >= 0.6 is 15.9 Å². The van der Waals surface area contributed by atoms with Gasteiger partial charge in [-0.1, -0.05) is 13.8 Å². The lowest BCUT2D eigenvalue weighted by Crippen LogP contribution is -2.33. The molecular weight excluding hydrogens is 246 g/mol. The summed E-state index contributed by atoms with van der Waals surface area (Å²) in [5.41, 5.74) is 5.43. The number of rotatable bonds is 3. The molecule has 0 radical (unpaired) electrons. The molecule has 0 unspecified atom stereocenters. The Kier molecular flexibility index (Phi) is 3.21. The zero-order valence-corrected chi connectivity index (χ0v) is 9.71. The van der Waals surface area contributed by atoms with E-state index in [9.17, 15) is 4.79 Å². The Bertz CT molecular complexity index is 334. The highest BCUT2D eigenvalue weighted by atomic mass is 79.9. The Morgan fingerprint density at radius 2 is 2.14 bits per heavy atom. The van der Waals surface area contributed by atoms with Gasteiger partial charge in [0.2, 0.25) is 5.91 Å². The van der Waals surface area contributed by atoms with Crippen molar-refractivity contribution in [3.8, 4) is 0 Å². The first-order chi connectivity index (χ1) is 6.42. The van der Waals surface area contributed by atoms with Crippen molar-refractivity contribution in [2.45, 2.75) is 20.3 Å². The first-order valence-electron chi connectivity index (χ1n) is 4.18. The molecule has 0 aliphatic rings. The van der Waals surface area contributed by atoms with Gasteiger partial charge < -0.3 is 5.73 Å². The van der Waals surface area contributed by atoms with E-state index >= 15 is 0 Å². The molecule has 0 saturated carbocycles. The van der Waals surface area contributed by atoms with Gasteiger partial charge in [0.05, 0.1) is 11.9 Å². The predicted molar refractivity (Wildman–Crippen MR) is 56.4 cm³/mol. The highest BCUT2D eigenvalue weighted by Gasteiger charge is 2.25. The number of hydrogen-bond donors (Lipinski definition) is 1. The average molecular weight is 258 g/mol. The molecule has 1 aromatic heterocycles. The maximum absolute atomic E-state index is 11.1. The van der Waals surface area contributed by atoms with Crippen LogP contribution in [-0.2, 0) is 11.2 Å². The van der Waals surface area contributed by atoms with E-state index in [2.05, 4.69) is 25.9 Å². The molecule has 1 heterocycles. The van der Waals surface area contributed by atoms with Gasteiger partial charge in [-0.05, 0) is 15.9 Å². The van der Waals surface area contributed by atoms with Gasteiger partial charge in [0.25, 0.3) is 0 Å². The molecule has 0 aromatic carbocycles. The normalized spacial score (nSPS) is 11.4. The Balaban J connectivity index is 2.79. The zero-order valence-electron chi connectivity index (χ0n) is 8.12. The van der Waals surface area contributed by atoms with Crippen LogP contribution in [0.5, 0.6) is 0 Å². The van der Waals surface area contributed by atoms with E-state index < -0.39 is 5.41 Å². The smallest absolute Gasteiger partial charge is 0.223 e. The van der Waals surface area contributed by atoms with Gasteiger partial charge in [-0.25, -0.2) is 4.98 Å². The fraction of sp³-hybridized carbons (Fsp3) is 0.444. The number of amides is 1. The van der Waals surface area contributed by atoms with Crippen molar-refractivity contribution in [1.29, 1.82) is 0 Å². The number of hydrogen-bond acceptors (Lipinski definition) is 3. The minimum atomic E-state index is -0.581. The van der Waals surface area contributed by atoms with Crippen LogP contribution in [0.2, 0.25) is 0 Å². The van der Waals surface area contributed by atoms with Crippen LogP contribution in [0, 0.1) is 5.41 Å². The largest absolute Gasteiger partial charge is 0.369 e. The lowest BCUT2D eigenvalue weighted by atomic mass is 9.87. The summed E-state index contributed by atoms with van der Waals surface area (Å²) in [6, 6.07) is 0. The topological polar surface area (TPSA) is 68.9 Å². The van der Waals surface area contributed by atoms with E-state index in [1.807, 2.05) is 0 Å². The van der Waals surface area contributed by atoms with Crippen molar-refractivity contribution in [3.63, 3.8) is 0 Å². The SMILES string of the molecule is CC(C)(Cc1cnc(Br)cn1)C(N)=O. The third-order valence-electron chi connectivity index (χ3n) is 1.96. The van der Waals surface area contributed by atoms with Crippen LogP contribution in [0.3, 0.4) is 0 Å². The van der Waals surface area contributed by atoms with Gasteiger partial charge in [-0.2, -0.15) is 0 Å². The second-order valence-corrected chi connectivity index (χ2v) is 4.57. The van der Waals surface area contributed by atoms with Crippen molar-refractivity contribution in [3.05, 3.63) is 22.7 Å². The van der Waals surface area contributed by atoms with Gasteiger partial charge >= 0.3 is 0 Å². The van der Waals surface area contributed by atoms with Gasteiger partial charge in [0.1, 0.15) is 4.60 Å². The van der Waals surface area contributed by atoms with Crippen molar-refractivity contribution in [2.24, 2.45) is 11.1 Å². The van der Waals surface area contributed by atoms with E-state index in [4.69, 9.17) is 5.73 Å². The number of carbonyl (C=O) groups is 1. The first kappa shape index (κ1) is 11.1. The predicted octanol–water partition coefficient (Wildman–Crippen LogP) is 1.29. The minimum Gasteiger partial charge on any atom is -0.369 e. The molecule has 1 aromatic rings. The van der Waals surface area contributed by atoms with Gasteiger partial charge in [0.15, 0.2) is 0 Å². The van der Waals surface area contributed by atoms with Crippen LogP contribution in [0.4, 0.5) is 0 Å². The summed E-state index contributed by atoms with van der Waals surface area (Å²) in [7, 11) is 0. The van der Waals surface area contributed by atoms with Crippen molar-refractivity contribution >= 4 is 21.8 Å². The third kappa shape index (κ3) is 2.77. The molecule has 0 aliphatic carbocycles. The quantitative estimate of drug-likeness (QED) is 0.888. The number of aromatic nitrogens is 2. The molecule has 5 heteroatoms. The maximum Gasteiger partial charge on any atom is 0.223 e. The van der Waals surface area contributed by atoms with E-state index in [0.717, 1.165) is 5.69 Å². The van der Waals surface area contributed by atoms with E-state index in [-0.39, 0.29) is 5.91 Å². The zero-order chi connectivity index (χ0) is 10.8. The summed E-state index contributed by atoms with van der Waals surface area (Å²) in [6.45, 7) is 3.58. The minimum absolute atomic E-state index is 0.331. The number of nitrogens with two attached hydrogens (primary N) is 1. The molecule has 0 fully saturated rings. The number of halogens is 1. The summed E-state index contributed by atoms with van der Waals surface area (Å²) < 4.78 is 0.679. The van der Waals surface area contributed by atoms with Gasteiger partial charge in [0, 0.05) is 18.0 Å². The van der Waals surface area contributed by atoms with Crippen LogP contribution < -0.4 is 5.73 Å². The van der Waals surface area contributed by atoms with Crippen LogP contribution in [0.15, 0.2) is 17.0 Å². The number of nitrogens with zero attached hydrogens (tertiary/aromatic N) is 2. The highest BCUT2D eigenvalue weighted by Crippen LogP contribution is 2.19. The van der Waals surface area contributed by atoms with E-state index in [0.29, 0.717) is 11.0 Å². The Morgan fingerprint density at radius 3 is 2.57 bits per heavy atom. The Labute approximate surface area is 91.1 Å². The molecule has 1 rings (SSSR count). The van der Waals surface area contributed by atoms with Crippen LogP contribution in [-0.4, -0.2) is 15.9 Å². The highest BCUT2D eigenvalue weighted by molar-refractivity contribution is 9.10. The second-order valence-electron chi connectivity index (χ2n) is 3.76. The monoisotopic (exact) mass is 257 g/mol. The van der Waals surface area contributed by atoms with Crippen LogP contribution in [0.1, 0.15) is 19.5 Å². The average Bonchev–Trinajstić information content (AvgIpc) is 2.08. The summed E-state index contributed by atoms with van der Waals surface area (Å²) in [5, 5.41) is 0. The Morgan fingerprint density at radius 1 is 1.50 bits per heavy atom. The van der Waals surface area contributed by atoms with Gasteiger partial charge in [-0.3, -0.25) is 9.78 Å². The molecule has 4 nitrogen and oxygen atoms in total. The van der Waals surface area contributed by atoms with E-state index in [1.165, 1.54) is 0 Å². The summed E-state index contributed by atoms with van der Waals surface area (Å²) in [4.78, 5) is 19.2. The first-order valence-corrected chi connectivity index (χ1v) is 4.97.